The first-order chi connectivity index (χ1) is 7.95. The number of aliphatic hydroxyl groups excluding tert-OH is 1. The number of alkyl halides is 3. The van der Waals surface area contributed by atoms with Crippen LogP contribution < -0.4 is 4.74 Å². The number of hydrogen-bond acceptors (Lipinski definition) is 2. The second kappa shape index (κ2) is 4.56. The summed E-state index contributed by atoms with van der Waals surface area (Å²) in [5.41, 5.74) is -0.714. The molecule has 1 aromatic carbocycles. The lowest BCUT2D eigenvalue weighted by molar-refractivity contribution is -0.137. The van der Waals surface area contributed by atoms with Gasteiger partial charge in [-0.15, -0.1) is 0 Å². The summed E-state index contributed by atoms with van der Waals surface area (Å²) in [6.45, 7) is 0. The Morgan fingerprint density at radius 1 is 1.24 bits per heavy atom. The minimum atomic E-state index is -4.35. The second-order valence-electron chi connectivity index (χ2n) is 4.23. The van der Waals surface area contributed by atoms with Gasteiger partial charge in [-0.3, -0.25) is 0 Å². The predicted octanol–water partition coefficient (Wildman–Crippen LogP) is 3.00. The van der Waals surface area contributed by atoms with Crippen LogP contribution in [-0.4, -0.2) is 17.3 Å². The first-order valence-corrected chi connectivity index (χ1v) is 5.47. The zero-order chi connectivity index (χ0) is 12.5. The van der Waals surface area contributed by atoms with Crippen molar-refractivity contribution in [1.82, 2.24) is 0 Å². The average Bonchev–Trinajstić information content (AvgIpc) is 2.63. The van der Waals surface area contributed by atoms with Gasteiger partial charge in [0.25, 0.3) is 0 Å². The van der Waals surface area contributed by atoms with Crippen molar-refractivity contribution < 1.29 is 23.0 Å². The Kier molecular flexibility index (Phi) is 3.28. The topological polar surface area (TPSA) is 29.5 Å². The third kappa shape index (κ3) is 3.12. The molecule has 17 heavy (non-hydrogen) atoms. The Morgan fingerprint density at radius 2 is 2.00 bits per heavy atom. The van der Waals surface area contributed by atoms with Gasteiger partial charge >= 0.3 is 6.18 Å². The number of benzene rings is 1. The number of aliphatic hydroxyl groups is 1. The molecule has 0 spiro atoms. The summed E-state index contributed by atoms with van der Waals surface area (Å²) in [6.07, 6.45) is -3.13. The van der Waals surface area contributed by atoms with Crippen LogP contribution in [0.4, 0.5) is 13.2 Å². The van der Waals surface area contributed by atoms with Crippen LogP contribution in [0.2, 0.25) is 0 Å². The molecule has 0 bridgehead atoms. The van der Waals surface area contributed by atoms with Crippen LogP contribution in [-0.2, 0) is 6.18 Å². The normalized spacial score (nSPS) is 24.9. The molecule has 1 fully saturated rings. The van der Waals surface area contributed by atoms with Crippen molar-refractivity contribution in [2.24, 2.45) is 0 Å². The summed E-state index contributed by atoms with van der Waals surface area (Å²) in [6, 6.07) is 4.82. The van der Waals surface area contributed by atoms with Gasteiger partial charge in [-0.2, -0.15) is 13.2 Å². The number of hydrogen-bond donors (Lipinski definition) is 1. The molecule has 0 radical (unpaired) electrons. The van der Waals surface area contributed by atoms with Crippen LogP contribution in [0.1, 0.15) is 24.8 Å². The second-order valence-corrected chi connectivity index (χ2v) is 4.23. The fraction of sp³-hybridized carbons (Fsp3) is 0.500. The Labute approximate surface area is 97.0 Å². The molecule has 0 saturated heterocycles. The van der Waals surface area contributed by atoms with E-state index in [1.807, 2.05) is 0 Å². The Balaban J connectivity index is 2.06. The van der Waals surface area contributed by atoms with Gasteiger partial charge in [0.15, 0.2) is 0 Å². The highest BCUT2D eigenvalue weighted by molar-refractivity contribution is 5.30. The van der Waals surface area contributed by atoms with Crippen LogP contribution in [0.5, 0.6) is 5.75 Å². The quantitative estimate of drug-likeness (QED) is 0.869. The van der Waals surface area contributed by atoms with Gasteiger partial charge in [0.1, 0.15) is 11.9 Å². The Hall–Kier alpha value is -1.23. The number of halogens is 3. The molecule has 1 saturated carbocycles. The Morgan fingerprint density at radius 3 is 2.59 bits per heavy atom. The highest BCUT2D eigenvalue weighted by atomic mass is 19.4. The maximum absolute atomic E-state index is 12.4. The first-order valence-electron chi connectivity index (χ1n) is 5.47. The molecule has 2 nitrogen and oxygen atoms in total. The van der Waals surface area contributed by atoms with E-state index in [0.29, 0.717) is 19.3 Å². The summed E-state index contributed by atoms with van der Waals surface area (Å²) >= 11 is 0. The highest BCUT2D eigenvalue weighted by Gasteiger charge is 2.31. The van der Waals surface area contributed by atoms with Crippen LogP contribution in [0.15, 0.2) is 24.3 Å². The van der Waals surface area contributed by atoms with Crippen molar-refractivity contribution in [3.8, 4) is 5.75 Å². The van der Waals surface area contributed by atoms with E-state index in [1.54, 1.807) is 0 Å². The van der Waals surface area contributed by atoms with Crippen LogP contribution in [0.3, 0.4) is 0 Å². The molecule has 94 valence electrons. The van der Waals surface area contributed by atoms with E-state index >= 15 is 0 Å². The average molecular weight is 246 g/mol. The molecule has 2 rings (SSSR count). The largest absolute Gasteiger partial charge is 0.490 e. The van der Waals surface area contributed by atoms with Gasteiger partial charge in [0.05, 0.1) is 11.7 Å². The summed E-state index contributed by atoms with van der Waals surface area (Å²) in [7, 11) is 0. The molecule has 1 aliphatic carbocycles. The number of ether oxygens (including phenoxy) is 1. The first kappa shape index (κ1) is 12.2. The fourth-order valence-corrected chi connectivity index (χ4v) is 1.96. The molecule has 1 N–H and O–H groups in total. The lowest BCUT2D eigenvalue weighted by atomic mass is 10.2. The summed E-state index contributed by atoms with van der Waals surface area (Å²) < 4.78 is 42.8. The standard InChI is InChI=1S/C12H13F3O2/c13-12(14,15)8-2-1-3-10(6-8)17-11-5-4-9(16)7-11/h1-3,6,9,11,16H,4-5,7H2. The zero-order valence-electron chi connectivity index (χ0n) is 9.07. The molecule has 0 aliphatic heterocycles. The molecular weight excluding hydrogens is 233 g/mol. The lowest BCUT2D eigenvalue weighted by Gasteiger charge is -2.14. The van der Waals surface area contributed by atoms with Crippen LogP contribution in [0.25, 0.3) is 0 Å². The minimum Gasteiger partial charge on any atom is -0.490 e. The summed E-state index contributed by atoms with van der Waals surface area (Å²) in [5, 5.41) is 9.30. The van der Waals surface area contributed by atoms with Crippen LogP contribution >= 0.6 is 0 Å². The van der Waals surface area contributed by atoms with Gasteiger partial charge in [0.2, 0.25) is 0 Å². The van der Waals surface area contributed by atoms with Crippen molar-refractivity contribution in [3.05, 3.63) is 29.8 Å². The van der Waals surface area contributed by atoms with Gasteiger partial charge in [0, 0.05) is 6.42 Å². The highest BCUT2D eigenvalue weighted by Crippen LogP contribution is 2.32. The van der Waals surface area contributed by atoms with Gasteiger partial charge in [-0.1, -0.05) is 6.07 Å². The number of rotatable bonds is 2. The van der Waals surface area contributed by atoms with E-state index < -0.39 is 17.8 Å². The fourth-order valence-electron chi connectivity index (χ4n) is 1.96. The minimum absolute atomic E-state index is 0.187. The van der Waals surface area contributed by atoms with E-state index in [1.165, 1.54) is 12.1 Å². The van der Waals surface area contributed by atoms with Crippen molar-refractivity contribution in [1.29, 1.82) is 0 Å². The molecule has 0 heterocycles. The lowest BCUT2D eigenvalue weighted by Crippen LogP contribution is -2.14. The van der Waals surface area contributed by atoms with E-state index in [9.17, 15) is 18.3 Å². The summed E-state index contributed by atoms with van der Waals surface area (Å²) in [4.78, 5) is 0. The van der Waals surface area contributed by atoms with E-state index in [0.717, 1.165) is 12.1 Å². The molecule has 5 heteroatoms. The van der Waals surface area contributed by atoms with Crippen molar-refractivity contribution >= 4 is 0 Å². The van der Waals surface area contributed by atoms with Gasteiger partial charge in [-0.25, -0.2) is 0 Å². The molecule has 2 atom stereocenters. The molecule has 0 amide bonds. The SMILES string of the molecule is OC1CCC(Oc2cccc(C(F)(F)F)c2)C1. The van der Waals surface area contributed by atoms with E-state index in [-0.39, 0.29) is 11.9 Å². The maximum Gasteiger partial charge on any atom is 0.416 e. The third-order valence-electron chi connectivity index (χ3n) is 2.82. The van der Waals surface area contributed by atoms with Crippen LogP contribution in [0, 0.1) is 0 Å². The smallest absolute Gasteiger partial charge is 0.416 e. The predicted molar refractivity (Wildman–Crippen MR) is 55.7 cm³/mol. The van der Waals surface area contributed by atoms with E-state index in [2.05, 4.69) is 0 Å². The third-order valence-corrected chi connectivity index (χ3v) is 2.82. The Bertz CT molecular complexity index is 390. The van der Waals surface area contributed by atoms with Crippen molar-refractivity contribution in [2.75, 3.05) is 0 Å². The van der Waals surface area contributed by atoms with Gasteiger partial charge < -0.3 is 9.84 Å². The summed E-state index contributed by atoms with van der Waals surface area (Å²) in [5.74, 6) is 0.207. The molecule has 1 aliphatic rings. The van der Waals surface area contributed by atoms with Crippen molar-refractivity contribution in [3.63, 3.8) is 0 Å². The van der Waals surface area contributed by atoms with Crippen molar-refractivity contribution in [2.45, 2.75) is 37.6 Å². The van der Waals surface area contributed by atoms with Gasteiger partial charge in [-0.05, 0) is 31.0 Å². The zero-order valence-corrected chi connectivity index (χ0v) is 9.07. The molecule has 0 aromatic heterocycles. The van der Waals surface area contributed by atoms with E-state index in [4.69, 9.17) is 4.74 Å². The maximum atomic E-state index is 12.4. The molecular formula is C12H13F3O2. The molecule has 2 unspecified atom stereocenters. The monoisotopic (exact) mass is 246 g/mol. The molecule has 1 aromatic rings.